The van der Waals surface area contributed by atoms with Gasteiger partial charge in [-0.15, -0.1) is 0 Å². The van der Waals surface area contributed by atoms with Crippen LogP contribution < -0.4 is 4.74 Å². The van der Waals surface area contributed by atoms with Crippen LogP contribution in [0, 0.1) is 5.82 Å². The Morgan fingerprint density at radius 2 is 2.00 bits per heavy atom. The molecule has 0 atom stereocenters. The summed E-state index contributed by atoms with van der Waals surface area (Å²) < 4.78 is 43.5. The SMILES string of the molecule is COc1ccc(C(=O)C(C)(F)F)c(F)c1Cl. The van der Waals surface area contributed by atoms with Crippen LogP contribution in [0.4, 0.5) is 13.2 Å². The quantitative estimate of drug-likeness (QED) is 0.772. The minimum Gasteiger partial charge on any atom is -0.495 e. The van der Waals surface area contributed by atoms with Gasteiger partial charge in [-0.25, -0.2) is 4.39 Å². The van der Waals surface area contributed by atoms with E-state index in [-0.39, 0.29) is 5.75 Å². The lowest BCUT2D eigenvalue weighted by Crippen LogP contribution is -2.25. The fraction of sp³-hybridized carbons (Fsp3) is 0.300. The van der Waals surface area contributed by atoms with Crippen LogP contribution in [0.25, 0.3) is 0 Å². The summed E-state index contributed by atoms with van der Waals surface area (Å²) in [6.45, 7) is 0.396. The lowest BCUT2D eigenvalue weighted by atomic mass is 10.1. The number of ether oxygens (including phenoxy) is 1. The third kappa shape index (κ3) is 2.29. The fourth-order valence-electron chi connectivity index (χ4n) is 1.10. The third-order valence-electron chi connectivity index (χ3n) is 1.91. The van der Waals surface area contributed by atoms with Gasteiger partial charge in [0.2, 0.25) is 5.78 Å². The summed E-state index contributed by atoms with van der Waals surface area (Å²) in [5.74, 6) is -6.48. The Labute approximate surface area is 95.0 Å². The maximum Gasteiger partial charge on any atom is 0.307 e. The normalized spacial score (nSPS) is 11.4. The van der Waals surface area contributed by atoms with E-state index in [2.05, 4.69) is 4.74 Å². The number of halogens is 4. The summed E-state index contributed by atoms with van der Waals surface area (Å²) in [4.78, 5) is 11.1. The van der Waals surface area contributed by atoms with Crippen molar-refractivity contribution in [3.63, 3.8) is 0 Å². The number of benzene rings is 1. The topological polar surface area (TPSA) is 26.3 Å². The van der Waals surface area contributed by atoms with Gasteiger partial charge in [0.05, 0.1) is 12.7 Å². The zero-order valence-corrected chi connectivity index (χ0v) is 9.24. The molecule has 0 amide bonds. The van der Waals surface area contributed by atoms with Gasteiger partial charge in [-0.1, -0.05) is 11.6 Å². The van der Waals surface area contributed by atoms with Crippen molar-refractivity contribution in [3.8, 4) is 5.75 Å². The number of alkyl halides is 2. The summed E-state index contributed by atoms with van der Waals surface area (Å²) in [7, 11) is 1.25. The first-order chi connectivity index (χ1) is 7.29. The molecule has 0 aliphatic rings. The molecule has 1 rings (SSSR count). The number of Topliss-reactive ketones (excluding diaryl/α,β-unsaturated/α-hetero) is 1. The lowest BCUT2D eigenvalue weighted by Gasteiger charge is -2.11. The van der Waals surface area contributed by atoms with E-state index >= 15 is 0 Å². The molecular formula is C10H8ClF3O2. The Hall–Kier alpha value is -1.23. The molecule has 0 heterocycles. The maximum atomic E-state index is 13.5. The average Bonchev–Trinajstić information content (AvgIpc) is 2.20. The third-order valence-corrected chi connectivity index (χ3v) is 2.26. The van der Waals surface area contributed by atoms with E-state index in [4.69, 9.17) is 11.6 Å². The summed E-state index contributed by atoms with van der Waals surface area (Å²) in [5, 5.41) is -0.488. The number of hydrogen-bond acceptors (Lipinski definition) is 2. The standard InChI is InChI=1S/C10H8ClF3O2/c1-10(13,14)9(15)5-3-4-6(16-2)7(11)8(5)12/h3-4H,1-2H3. The molecule has 16 heavy (non-hydrogen) atoms. The largest absolute Gasteiger partial charge is 0.495 e. The van der Waals surface area contributed by atoms with Crippen LogP contribution in [-0.4, -0.2) is 18.8 Å². The maximum absolute atomic E-state index is 13.5. The van der Waals surface area contributed by atoms with Crippen LogP contribution in [0.1, 0.15) is 17.3 Å². The highest BCUT2D eigenvalue weighted by atomic mass is 35.5. The van der Waals surface area contributed by atoms with E-state index in [1.165, 1.54) is 7.11 Å². The van der Waals surface area contributed by atoms with Crippen LogP contribution >= 0.6 is 11.6 Å². The van der Waals surface area contributed by atoms with Gasteiger partial charge in [0.15, 0.2) is 5.82 Å². The van der Waals surface area contributed by atoms with Gasteiger partial charge in [-0.05, 0) is 12.1 Å². The van der Waals surface area contributed by atoms with Crippen molar-refractivity contribution in [2.24, 2.45) is 0 Å². The van der Waals surface area contributed by atoms with Gasteiger partial charge in [-0.2, -0.15) is 8.78 Å². The minimum absolute atomic E-state index is 0.0184. The first-order valence-electron chi connectivity index (χ1n) is 4.23. The first-order valence-corrected chi connectivity index (χ1v) is 4.61. The molecule has 2 nitrogen and oxygen atoms in total. The van der Waals surface area contributed by atoms with E-state index in [0.29, 0.717) is 6.92 Å². The Bertz CT molecular complexity index is 427. The molecule has 0 radical (unpaired) electrons. The molecule has 0 N–H and O–H groups in total. The molecule has 1 aromatic rings. The number of carbonyl (C=O) groups is 1. The van der Waals surface area contributed by atoms with E-state index in [1.807, 2.05) is 0 Å². The Morgan fingerprint density at radius 1 is 1.44 bits per heavy atom. The molecule has 1 aromatic carbocycles. The van der Waals surface area contributed by atoms with Gasteiger partial charge in [-0.3, -0.25) is 4.79 Å². The van der Waals surface area contributed by atoms with Gasteiger partial charge in [0.1, 0.15) is 10.8 Å². The molecule has 0 fully saturated rings. The number of carbonyl (C=O) groups excluding carboxylic acids is 1. The minimum atomic E-state index is -3.64. The van der Waals surface area contributed by atoms with E-state index < -0.39 is 28.1 Å². The second-order valence-corrected chi connectivity index (χ2v) is 3.54. The van der Waals surface area contributed by atoms with Crippen molar-refractivity contribution in [2.75, 3.05) is 7.11 Å². The van der Waals surface area contributed by atoms with Crippen molar-refractivity contribution >= 4 is 17.4 Å². The highest BCUT2D eigenvalue weighted by Crippen LogP contribution is 2.31. The molecule has 0 aliphatic heterocycles. The molecule has 0 aromatic heterocycles. The van der Waals surface area contributed by atoms with Gasteiger partial charge in [0, 0.05) is 6.92 Å². The zero-order valence-electron chi connectivity index (χ0n) is 8.48. The smallest absolute Gasteiger partial charge is 0.307 e. The molecule has 88 valence electrons. The highest BCUT2D eigenvalue weighted by molar-refractivity contribution is 6.32. The number of ketones is 1. The first kappa shape index (κ1) is 12.8. The van der Waals surface area contributed by atoms with Gasteiger partial charge < -0.3 is 4.74 Å². The van der Waals surface area contributed by atoms with Crippen LogP contribution in [-0.2, 0) is 0 Å². The highest BCUT2D eigenvalue weighted by Gasteiger charge is 2.35. The van der Waals surface area contributed by atoms with E-state index in [1.54, 1.807) is 0 Å². The Morgan fingerprint density at radius 3 is 2.44 bits per heavy atom. The number of hydrogen-bond donors (Lipinski definition) is 0. The molecule has 0 aliphatic carbocycles. The van der Waals surface area contributed by atoms with Crippen molar-refractivity contribution < 1.29 is 22.7 Å². The molecule has 0 bridgehead atoms. The van der Waals surface area contributed by atoms with Crippen molar-refractivity contribution in [2.45, 2.75) is 12.8 Å². The molecule has 0 saturated heterocycles. The fourth-order valence-corrected chi connectivity index (χ4v) is 1.34. The van der Waals surface area contributed by atoms with Crippen molar-refractivity contribution in [1.82, 2.24) is 0 Å². The van der Waals surface area contributed by atoms with Crippen LogP contribution in [0.3, 0.4) is 0 Å². The second-order valence-electron chi connectivity index (χ2n) is 3.16. The molecule has 6 heteroatoms. The predicted octanol–water partition coefficient (Wildman–Crippen LogP) is 3.33. The number of methoxy groups -OCH3 is 1. The van der Waals surface area contributed by atoms with E-state index in [9.17, 15) is 18.0 Å². The van der Waals surface area contributed by atoms with E-state index in [0.717, 1.165) is 12.1 Å². The summed E-state index contributed by atoms with van der Waals surface area (Å²) in [6, 6.07) is 2.07. The molecular weight excluding hydrogens is 245 g/mol. The summed E-state index contributed by atoms with van der Waals surface area (Å²) in [6.07, 6.45) is 0. The molecule has 0 unspecified atom stereocenters. The molecule has 0 saturated carbocycles. The van der Waals surface area contributed by atoms with Crippen molar-refractivity contribution in [1.29, 1.82) is 0 Å². The Balaban J connectivity index is 3.28. The lowest BCUT2D eigenvalue weighted by molar-refractivity contribution is 0.0217. The summed E-state index contributed by atoms with van der Waals surface area (Å²) >= 11 is 5.50. The van der Waals surface area contributed by atoms with Gasteiger partial charge in [0.25, 0.3) is 0 Å². The molecule has 0 spiro atoms. The predicted molar refractivity (Wildman–Crippen MR) is 52.9 cm³/mol. The van der Waals surface area contributed by atoms with Gasteiger partial charge >= 0.3 is 5.92 Å². The van der Waals surface area contributed by atoms with Crippen molar-refractivity contribution in [3.05, 3.63) is 28.5 Å². The van der Waals surface area contributed by atoms with Crippen LogP contribution in [0.2, 0.25) is 5.02 Å². The second kappa shape index (κ2) is 4.33. The van der Waals surface area contributed by atoms with Crippen LogP contribution in [0.15, 0.2) is 12.1 Å². The zero-order chi connectivity index (χ0) is 12.5. The summed E-state index contributed by atoms with van der Waals surface area (Å²) in [5.41, 5.74) is -0.752. The monoisotopic (exact) mass is 252 g/mol. The number of rotatable bonds is 3. The Kier molecular flexibility index (Phi) is 3.48. The van der Waals surface area contributed by atoms with Crippen LogP contribution in [0.5, 0.6) is 5.75 Å². The average molecular weight is 253 g/mol.